The molecule has 0 fully saturated rings. The van der Waals surface area contributed by atoms with Crippen LogP contribution in [0.15, 0.2) is 48.5 Å². The summed E-state index contributed by atoms with van der Waals surface area (Å²) in [6, 6.07) is 13.5. The maximum Gasteiger partial charge on any atom is 0.244 e. The predicted octanol–water partition coefficient (Wildman–Crippen LogP) is 2.46. The Morgan fingerprint density at radius 1 is 1.06 bits per heavy atom. The van der Waals surface area contributed by atoms with Crippen LogP contribution in [0.4, 0.5) is 5.69 Å². The molecule has 0 aliphatic rings. The number of anilines is 1. The average molecular weight is 506 g/mol. The van der Waals surface area contributed by atoms with Gasteiger partial charge in [0.15, 0.2) is 0 Å². The number of methoxy groups -OCH3 is 2. The number of hydrogen-bond acceptors (Lipinski definition) is 6. The zero-order valence-electron chi connectivity index (χ0n) is 21.0. The summed E-state index contributed by atoms with van der Waals surface area (Å²) in [6.07, 6.45) is 2.29. The van der Waals surface area contributed by atoms with Crippen molar-refractivity contribution < 1.29 is 27.5 Å². The lowest BCUT2D eigenvalue weighted by molar-refractivity contribution is -0.138. The summed E-state index contributed by atoms with van der Waals surface area (Å²) in [6.45, 7) is 3.82. The van der Waals surface area contributed by atoms with Crippen LogP contribution in [0.3, 0.4) is 0 Å². The van der Waals surface area contributed by atoms with Gasteiger partial charge in [0.1, 0.15) is 24.1 Å². The Balaban J connectivity index is 2.39. The number of rotatable bonds is 13. The predicted molar refractivity (Wildman–Crippen MR) is 136 cm³/mol. The summed E-state index contributed by atoms with van der Waals surface area (Å²) in [5.41, 5.74) is 1.18. The van der Waals surface area contributed by atoms with Crippen molar-refractivity contribution in [2.45, 2.75) is 32.7 Å². The van der Waals surface area contributed by atoms with E-state index in [9.17, 15) is 18.0 Å². The third-order valence-corrected chi connectivity index (χ3v) is 6.66. The van der Waals surface area contributed by atoms with Gasteiger partial charge in [-0.15, -0.1) is 0 Å². The van der Waals surface area contributed by atoms with Gasteiger partial charge in [0.2, 0.25) is 21.8 Å². The summed E-state index contributed by atoms with van der Waals surface area (Å²) >= 11 is 0. The summed E-state index contributed by atoms with van der Waals surface area (Å²) in [5.74, 6) is -0.114. The third-order valence-electron chi connectivity index (χ3n) is 5.53. The van der Waals surface area contributed by atoms with Crippen LogP contribution < -0.4 is 19.1 Å². The first-order valence-corrected chi connectivity index (χ1v) is 13.3. The van der Waals surface area contributed by atoms with E-state index in [-0.39, 0.29) is 23.9 Å². The number of sulfonamides is 1. The molecule has 1 N–H and O–H groups in total. The molecule has 0 bridgehead atoms. The topological polar surface area (TPSA) is 105 Å². The molecule has 0 saturated carbocycles. The second kappa shape index (κ2) is 13.0. The number of carbonyl (C=O) groups excluding carboxylic acids is 2. The van der Waals surface area contributed by atoms with Crippen LogP contribution in [-0.2, 0) is 26.0 Å². The van der Waals surface area contributed by atoms with Crippen LogP contribution in [0.2, 0.25) is 0 Å². The first kappa shape index (κ1) is 28.0. The minimum atomic E-state index is -3.88. The van der Waals surface area contributed by atoms with Crippen LogP contribution in [-0.4, -0.2) is 71.3 Å². The maximum atomic E-state index is 13.5. The van der Waals surface area contributed by atoms with Crippen molar-refractivity contribution in [3.05, 3.63) is 54.1 Å². The molecule has 0 heterocycles. The highest BCUT2D eigenvalue weighted by Gasteiger charge is 2.31. The molecule has 2 aromatic rings. The fraction of sp³-hybridized carbons (Fsp3) is 0.440. The standard InChI is InChI=1S/C25H35N3O6S/c1-6-15-26-25(30)19(2)27(16-14-20-10-8-7-9-11-20)24(29)18-28(35(5,31)32)22-17-21(33-3)12-13-23(22)34-4/h7-13,17,19H,6,14-16,18H2,1-5H3,(H,26,30)/t19-/m1/s1. The summed E-state index contributed by atoms with van der Waals surface area (Å²) < 4.78 is 37.1. The second-order valence-corrected chi connectivity index (χ2v) is 10.0. The van der Waals surface area contributed by atoms with Gasteiger partial charge in [0.05, 0.1) is 26.2 Å². The van der Waals surface area contributed by atoms with E-state index in [1.165, 1.54) is 25.2 Å². The number of benzene rings is 2. The van der Waals surface area contributed by atoms with Crippen molar-refractivity contribution in [1.82, 2.24) is 10.2 Å². The van der Waals surface area contributed by atoms with Gasteiger partial charge in [-0.2, -0.15) is 0 Å². The van der Waals surface area contributed by atoms with Gasteiger partial charge in [-0.05, 0) is 37.5 Å². The third kappa shape index (κ3) is 7.88. The zero-order chi connectivity index (χ0) is 26.0. The number of nitrogens with zero attached hydrogens (tertiary/aromatic N) is 2. The minimum Gasteiger partial charge on any atom is -0.497 e. The fourth-order valence-electron chi connectivity index (χ4n) is 3.55. The van der Waals surface area contributed by atoms with E-state index in [1.807, 2.05) is 37.3 Å². The molecule has 0 aliphatic heterocycles. The van der Waals surface area contributed by atoms with Crippen molar-refractivity contribution in [2.75, 3.05) is 44.4 Å². The lowest BCUT2D eigenvalue weighted by atomic mass is 10.1. The summed E-state index contributed by atoms with van der Waals surface area (Å²) in [5, 5.41) is 2.81. The van der Waals surface area contributed by atoms with Gasteiger partial charge in [0, 0.05) is 19.2 Å². The molecule has 0 spiro atoms. The van der Waals surface area contributed by atoms with Crippen molar-refractivity contribution in [2.24, 2.45) is 0 Å². The Morgan fingerprint density at radius 2 is 1.74 bits per heavy atom. The van der Waals surface area contributed by atoms with Crippen LogP contribution in [0.1, 0.15) is 25.8 Å². The quantitative estimate of drug-likeness (QED) is 0.448. The van der Waals surface area contributed by atoms with Crippen LogP contribution in [0.5, 0.6) is 11.5 Å². The fourth-order valence-corrected chi connectivity index (χ4v) is 4.40. The molecule has 1 atom stereocenters. The maximum absolute atomic E-state index is 13.5. The van der Waals surface area contributed by atoms with E-state index in [2.05, 4.69) is 5.32 Å². The van der Waals surface area contributed by atoms with E-state index in [0.29, 0.717) is 18.7 Å². The number of ether oxygens (including phenoxy) is 2. The molecule has 9 nitrogen and oxygen atoms in total. The van der Waals surface area contributed by atoms with Gasteiger partial charge < -0.3 is 19.7 Å². The van der Waals surface area contributed by atoms with Crippen LogP contribution in [0.25, 0.3) is 0 Å². The molecule has 0 saturated heterocycles. The van der Waals surface area contributed by atoms with Crippen molar-refractivity contribution in [1.29, 1.82) is 0 Å². The SMILES string of the molecule is CCCNC(=O)[C@@H](C)N(CCc1ccccc1)C(=O)CN(c1cc(OC)ccc1OC)S(C)(=O)=O. The zero-order valence-corrected chi connectivity index (χ0v) is 21.8. The highest BCUT2D eigenvalue weighted by atomic mass is 32.2. The highest BCUT2D eigenvalue weighted by Crippen LogP contribution is 2.33. The Labute approximate surface area is 208 Å². The Kier molecular flexibility index (Phi) is 10.4. The lowest BCUT2D eigenvalue weighted by Gasteiger charge is -2.32. The number of hydrogen-bond donors (Lipinski definition) is 1. The molecule has 0 radical (unpaired) electrons. The highest BCUT2D eigenvalue weighted by molar-refractivity contribution is 7.92. The van der Waals surface area contributed by atoms with E-state index in [1.54, 1.807) is 19.1 Å². The van der Waals surface area contributed by atoms with Gasteiger partial charge in [-0.3, -0.25) is 13.9 Å². The molecular formula is C25H35N3O6S. The average Bonchev–Trinajstić information content (AvgIpc) is 2.85. The molecule has 2 amide bonds. The Morgan fingerprint density at radius 3 is 2.31 bits per heavy atom. The summed E-state index contributed by atoms with van der Waals surface area (Å²) in [4.78, 5) is 27.7. The van der Waals surface area contributed by atoms with Crippen molar-refractivity contribution >= 4 is 27.5 Å². The lowest BCUT2D eigenvalue weighted by Crippen LogP contribution is -2.52. The van der Waals surface area contributed by atoms with E-state index in [4.69, 9.17) is 9.47 Å². The summed E-state index contributed by atoms with van der Waals surface area (Å²) in [7, 11) is -1.00. The first-order valence-electron chi connectivity index (χ1n) is 11.4. The molecular weight excluding hydrogens is 470 g/mol. The van der Waals surface area contributed by atoms with Gasteiger partial charge in [-0.1, -0.05) is 37.3 Å². The smallest absolute Gasteiger partial charge is 0.244 e. The minimum absolute atomic E-state index is 0.175. The number of nitrogens with one attached hydrogen (secondary N) is 1. The monoisotopic (exact) mass is 505 g/mol. The van der Waals surface area contributed by atoms with Crippen LogP contribution in [0, 0.1) is 0 Å². The van der Waals surface area contributed by atoms with Crippen molar-refractivity contribution in [3.8, 4) is 11.5 Å². The number of carbonyl (C=O) groups is 2. The van der Waals surface area contributed by atoms with Crippen LogP contribution >= 0.6 is 0 Å². The molecule has 10 heteroatoms. The van der Waals surface area contributed by atoms with Crippen molar-refractivity contribution in [3.63, 3.8) is 0 Å². The van der Waals surface area contributed by atoms with Gasteiger partial charge in [0.25, 0.3) is 0 Å². The molecule has 192 valence electrons. The molecule has 0 aliphatic carbocycles. The molecule has 35 heavy (non-hydrogen) atoms. The molecule has 0 aromatic heterocycles. The van der Waals surface area contributed by atoms with Gasteiger partial charge in [-0.25, -0.2) is 8.42 Å². The second-order valence-electron chi connectivity index (χ2n) is 8.10. The van der Waals surface area contributed by atoms with E-state index in [0.717, 1.165) is 22.5 Å². The molecule has 2 aromatic carbocycles. The normalized spacial score (nSPS) is 11.9. The number of amides is 2. The van der Waals surface area contributed by atoms with E-state index >= 15 is 0 Å². The largest absolute Gasteiger partial charge is 0.497 e. The van der Waals surface area contributed by atoms with Gasteiger partial charge >= 0.3 is 0 Å². The molecule has 2 rings (SSSR count). The Hall–Kier alpha value is -3.27. The van der Waals surface area contributed by atoms with E-state index < -0.39 is 28.5 Å². The molecule has 0 unspecified atom stereocenters. The Bertz CT molecular complexity index is 1090. The first-order chi connectivity index (χ1) is 16.6.